The van der Waals surface area contributed by atoms with Gasteiger partial charge in [-0.25, -0.2) is 0 Å². The normalized spacial score (nSPS) is 21.7. The molecule has 0 saturated carbocycles. The molecule has 23 heavy (non-hydrogen) atoms. The number of benzene rings is 1. The van der Waals surface area contributed by atoms with Crippen molar-refractivity contribution in [1.82, 2.24) is 15.1 Å². The number of carbonyl (C=O) groups is 2. The summed E-state index contributed by atoms with van der Waals surface area (Å²) in [6, 6.07) is 8.36. The number of carbonyl (C=O) groups excluding carboxylic acids is 1. The first-order valence-corrected chi connectivity index (χ1v) is 8.14. The highest BCUT2D eigenvalue weighted by molar-refractivity contribution is 5.78. The van der Waals surface area contributed by atoms with Crippen LogP contribution in [0.2, 0.25) is 0 Å². The third-order valence-corrected chi connectivity index (χ3v) is 4.64. The molecule has 1 aromatic carbocycles. The topological polar surface area (TPSA) is 72.9 Å². The number of amides is 1. The molecule has 1 unspecified atom stereocenters. The Morgan fingerprint density at radius 3 is 2.57 bits per heavy atom. The van der Waals surface area contributed by atoms with Crippen molar-refractivity contribution in [3.05, 3.63) is 35.4 Å². The van der Waals surface area contributed by atoms with Crippen molar-refractivity contribution in [3.8, 4) is 0 Å². The number of carboxylic acids is 1. The van der Waals surface area contributed by atoms with Crippen LogP contribution in [0, 0.1) is 5.92 Å². The highest BCUT2D eigenvalue weighted by atomic mass is 16.4. The lowest BCUT2D eigenvalue weighted by Crippen LogP contribution is -2.39. The summed E-state index contributed by atoms with van der Waals surface area (Å²) in [7, 11) is 0. The summed E-state index contributed by atoms with van der Waals surface area (Å²) >= 11 is 0. The van der Waals surface area contributed by atoms with Crippen LogP contribution >= 0.6 is 0 Å². The van der Waals surface area contributed by atoms with Crippen LogP contribution in [0.4, 0.5) is 0 Å². The summed E-state index contributed by atoms with van der Waals surface area (Å²) in [5.41, 5.74) is 2.68. The molecule has 2 aliphatic heterocycles. The fraction of sp³-hybridized carbons (Fsp3) is 0.529. The lowest BCUT2D eigenvalue weighted by molar-refractivity contribution is -0.143. The maximum Gasteiger partial charge on any atom is 0.309 e. The molecule has 1 saturated heterocycles. The molecule has 3 rings (SSSR count). The monoisotopic (exact) mass is 317 g/mol. The van der Waals surface area contributed by atoms with E-state index in [1.54, 1.807) is 4.90 Å². The van der Waals surface area contributed by atoms with Crippen molar-refractivity contribution < 1.29 is 14.7 Å². The molecule has 2 N–H and O–H groups in total. The van der Waals surface area contributed by atoms with E-state index in [0.717, 1.165) is 19.6 Å². The number of aliphatic carboxylic acids is 1. The van der Waals surface area contributed by atoms with Crippen molar-refractivity contribution in [2.45, 2.75) is 19.5 Å². The van der Waals surface area contributed by atoms with Crippen LogP contribution in [0.1, 0.15) is 17.5 Å². The van der Waals surface area contributed by atoms with E-state index in [9.17, 15) is 14.7 Å². The summed E-state index contributed by atoms with van der Waals surface area (Å²) in [6.45, 7) is 4.48. The van der Waals surface area contributed by atoms with Gasteiger partial charge in [-0.1, -0.05) is 24.3 Å². The predicted molar refractivity (Wildman–Crippen MR) is 85.7 cm³/mol. The van der Waals surface area contributed by atoms with Gasteiger partial charge in [-0.3, -0.25) is 14.5 Å². The van der Waals surface area contributed by atoms with Gasteiger partial charge in [0.15, 0.2) is 0 Å². The Labute approximate surface area is 136 Å². The van der Waals surface area contributed by atoms with Gasteiger partial charge >= 0.3 is 5.97 Å². The van der Waals surface area contributed by atoms with E-state index in [0.29, 0.717) is 32.6 Å². The molecule has 124 valence electrons. The molecule has 0 aliphatic carbocycles. The SMILES string of the molecule is O=C(O)C1CNCCN(C(=O)CCN2Cc3ccccc3C2)C1. The van der Waals surface area contributed by atoms with E-state index in [2.05, 4.69) is 22.3 Å². The first kappa shape index (κ1) is 16.0. The summed E-state index contributed by atoms with van der Waals surface area (Å²) in [5, 5.41) is 12.3. The lowest BCUT2D eigenvalue weighted by atomic mass is 10.1. The first-order chi connectivity index (χ1) is 11.1. The molecular weight excluding hydrogens is 294 g/mol. The maximum atomic E-state index is 12.4. The van der Waals surface area contributed by atoms with Gasteiger partial charge in [-0.2, -0.15) is 0 Å². The number of nitrogens with zero attached hydrogens (tertiary/aromatic N) is 2. The highest BCUT2D eigenvalue weighted by Gasteiger charge is 2.27. The van der Waals surface area contributed by atoms with Crippen molar-refractivity contribution in [1.29, 1.82) is 0 Å². The maximum absolute atomic E-state index is 12.4. The molecule has 0 spiro atoms. The van der Waals surface area contributed by atoms with Gasteiger partial charge in [0.2, 0.25) is 5.91 Å². The second-order valence-corrected chi connectivity index (χ2v) is 6.31. The third-order valence-electron chi connectivity index (χ3n) is 4.64. The number of nitrogens with one attached hydrogen (secondary N) is 1. The van der Waals surface area contributed by atoms with Crippen LogP contribution in [-0.2, 0) is 22.7 Å². The van der Waals surface area contributed by atoms with Crippen LogP contribution in [0.25, 0.3) is 0 Å². The number of hydrogen-bond donors (Lipinski definition) is 2. The molecule has 1 fully saturated rings. The minimum Gasteiger partial charge on any atom is -0.481 e. The van der Waals surface area contributed by atoms with Gasteiger partial charge in [-0.15, -0.1) is 0 Å². The van der Waals surface area contributed by atoms with E-state index in [1.165, 1.54) is 11.1 Å². The molecule has 2 heterocycles. The summed E-state index contributed by atoms with van der Waals surface area (Å²) in [6.07, 6.45) is 0.445. The van der Waals surface area contributed by atoms with E-state index < -0.39 is 11.9 Å². The van der Waals surface area contributed by atoms with Crippen molar-refractivity contribution in [2.75, 3.05) is 32.7 Å². The van der Waals surface area contributed by atoms with E-state index in [1.807, 2.05) is 12.1 Å². The van der Waals surface area contributed by atoms with Crippen LogP contribution in [0.5, 0.6) is 0 Å². The van der Waals surface area contributed by atoms with Crippen molar-refractivity contribution in [3.63, 3.8) is 0 Å². The molecule has 0 bridgehead atoms. The largest absolute Gasteiger partial charge is 0.481 e. The third kappa shape index (κ3) is 3.89. The Morgan fingerprint density at radius 2 is 1.91 bits per heavy atom. The summed E-state index contributed by atoms with van der Waals surface area (Å²) in [5.74, 6) is -1.31. The summed E-state index contributed by atoms with van der Waals surface area (Å²) < 4.78 is 0. The van der Waals surface area contributed by atoms with E-state index in [-0.39, 0.29) is 5.91 Å². The second kappa shape index (κ2) is 7.10. The van der Waals surface area contributed by atoms with Crippen molar-refractivity contribution in [2.24, 2.45) is 5.92 Å². The Kier molecular flexibility index (Phi) is 4.93. The predicted octanol–water partition coefficient (Wildman–Crippen LogP) is 0.525. The summed E-state index contributed by atoms with van der Waals surface area (Å²) in [4.78, 5) is 27.6. The molecule has 1 atom stereocenters. The Hall–Kier alpha value is -1.92. The van der Waals surface area contributed by atoms with Crippen molar-refractivity contribution >= 4 is 11.9 Å². The number of fused-ring (bicyclic) bond motifs is 1. The standard InChI is InChI=1S/C17H23N3O3/c21-16(20-8-6-18-9-15(12-20)17(22)23)5-7-19-10-13-3-1-2-4-14(13)11-19/h1-4,15,18H,5-12H2,(H,22,23). The average molecular weight is 317 g/mol. The number of rotatable bonds is 4. The molecule has 2 aliphatic rings. The highest BCUT2D eigenvalue weighted by Crippen LogP contribution is 2.22. The fourth-order valence-electron chi connectivity index (χ4n) is 3.28. The molecule has 1 amide bonds. The van der Waals surface area contributed by atoms with Crippen LogP contribution in [-0.4, -0.2) is 59.5 Å². The Bertz CT molecular complexity index is 565. The number of carboxylic acid groups (broad SMARTS) is 1. The zero-order valence-electron chi connectivity index (χ0n) is 13.2. The van der Waals surface area contributed by atoms with E-state index >= 15 is 0 Å². The van der Waals surface area contributed by atoms with Crippen LogP contribution in [0.3, 0.4) is 0 Å². The second-order valence-electron chi connectivity index (χ2n) is 6.31. The minimum absolute atomic E-state index is 0.0518. The molecule has 6 heteroatoms. The zero-order valence-corrected chi connectivity index (χ0v) is 13.2. The average Bonchev–Trinajstić information content (AvgIpc) is 2.78. The number of hydrogen-bond acceptors (Lipinski definition) is 4. The van der Waals surface area contributed by atoms with Gasteiger partial charge in [0.25, 0.3) is 0 Å². The molecule has 0 aromatic heterocycles. The fourth-order valence-corrected chi connectivity index (χ4v) is 3.28. The van der Waals surface area contributed by atoms with Crippen LogP contribution in [0.15, 0.2) is 24.3 Å². The van der Waals surface area contributed by atoms with Gasteiger partial charge in [-0.05, 0) is 11.1 Å². The molecular formula is C17H23N3O3. The zero-order chi connectivity index (χ0) is 16.2. The quantitative estimate of drug-likeness (QED) is 0.847. The smallest absolute Gasteiger partial charge is 0.309 e. The van der Waals surface area contributed by atoms with Gasteiger partial charge < -0.3 is 15.3 Å². The Balaban J connectivity index is 1.50. The molecule has 1 aromatic rings. The minimum atomic E-state index is -0.841. The van der Waals surface area contributed by atoms with Gasteiger partial charge in [0, 0.05) is 52.2 Å². The lowest BCUT2D eigenvalue weighted by Gasteiger charge is -2.23. The van der Waals surface area contributed by atoms with Gasteiger partial charge in [0.1, 0.15) is 0 Å². The van der Waals surface area contributed by atoms with E-state index in [4.69, 9.17) is 0 Å². The van der Waals surface area contributed by atoms with Crippen LogP contribution < -0.4 is 5.32 Å². The molecule has 6 nitrogen and oxygen atoms in total. The molecule has 0 radical (unpaired) electrons. The Morgan fingerprint density at radius 1 is 1.22 bits per heavy atom. The first-order valence-electron chi connectivity index (χ1n) is 8.14. The van der Waals surface area contributed by atoms with Gasteiger partial charge in [0.05, 0.1) is 5.92 Å².